The fourth-order valence-electron chi connectivity index (χ4n) is 2.29. The van der Waals surface area contributed by atoms with Crippen molar-refractivity contribution in [3.05, 3.63) is 63.6 Å². The minimum atomic E-state index is -0.320. The molecular weight excluding hydrogens is 361 g/mol. The molecule has 25 heavy (non-hydrogen) atoms. The first-order valence-corrected chi connectivity index (χ1v) is 8.42. The van der Waals surface area contributed by atoms with Gasteiger partial charge in [0.1, 0.15) is 0 Å². The van der Waals surface area contributed by atoms with Crippen molar-refractivity contribution in [3.63, 3.8) is 0 Å². The number of ether oxygens (including phenoxy) is 1. The van der Waals surface area contributed by atoms with Gasteiger partial charge >= 0.3 is 6.01 Å². The Labute approximate surface area is 155 Å². The van der Waals surface area contributed by atoms with Crippen molar-refractivity contribution in [3.8, 4) is 17.4 Å². The van der Waals surface area contributed by atoms with Crippen molar-refractivity contribution in [1.82, 2.24) is 14.8 Å². The van der Waals surface area contributed by atoms with Gasteiger partial charge in [0.05, 0.1) is 11.6 Å². The Kier molecular flexibility index (Phi) is 5.06. The summed E-state index contributed by atoms with van der Waals surface area (Å²) < 4.78 is 6.55. The second kappa shape index (κ2) is 7.25. The van der Waals surface area contributed by atoms with E-state index in [-0.39, 0.29) is 11.9 Å². The molecule has 0 atom stereocenters. The topological polar surface area (TPSA) is 57.0 Å². The first-order valence-electron chi connectivity index (χ1n) is 7.66. The zero-order valence-electron chi connectivity index (χ0n) is 13.7. The molecule has 2 aromatic carbocycles. The lowest BCUT2D eigenvalue weighted by Crippen LogP contribution is -2.15. The van der Waals surface area contributed by atoms with Crippen molar-refractivity contribution < 1.29 is 9.53 Å². The van der Waals surface area contributed by atoms with E-state index in [1.807, 2.05) is 26.0 Å². The van der Waals surface area contributed by atoms with Gasteiger partial charge in [0.15, 0.2) is 5.82 Å². The van der Waals surface area contributed by atoms with E-state index in [2.05, 4.69) is 10.1 Å². The standard InChI is InChI=1S/C18H15Cl2N3O2/c1-3-25-18-21-16(14-9-8-13(19)10-15(14)20)23(22-18)17(24)12-6-4-11(2)5-7-12/h4-10H,3H2,1-2H3. The van der Waals surface area contributed by atoms with E-state index in [1.54, 1.807) is 30.3 Å². The molecule has 0 bridgehead atoms. The third-order valence-corrected chi connectivity index (χ3v) is 4.07. The van der Waals surface area contributed by atoms with Crippen LogP contribution in [0.2, 0.25) is 10.0 Å². The van der Waals surface area contributed by atoms with Crippen LogP contribution in [0.15, 0.2) is 42.5 Å². The number of aromatic nitrogens is 3. The highest BCUT2D eigenvalue weighted by Gasteiger charge is 2.21. The van der Waals surface area contributed by atoms with Gasteiger partial charge in [-0.1, -0.05) is 40.9 Å². The maximum atomic E-state index is 12.9. The average Bonchev–Trinajstić information content (AvgIpc) is 2.99. The monoisotopic (exact) mass is 375 g/mol. The first-order chi connectivity index (χ1) is 12.0. The van der Waals surface area contributed by atoms with E-state index >= 15 is 0 Å². The zero-order valence-corrected chi connectivity index (χ0v) is 15.2. The van der Waals surface area contributed by atoms with Gasteiger partial charge < -0.3 is 4.74 Å². The number of carbonyl (C=O) groups excluding carboxylic acids is 1. The van der Waals surface area contributed by atoms with Crippen LogP contribution < -0.4 is 4.74 Å². The number of hydrogen-bond donors (Lipinski definition) is 0. The number of hydrogen-bond acceptors (Lipinski definition) is 4. The van der Waals surface area contributed by atoms with Gasteiger partial charge in [0.25, 0.3) is 5.91 Å². The van der Waals surface area contributed by atoms with Crippen molar-refractivity contribution in [2.24, 2.45) is 0 Å². The predicted molar refractivity (Wildman–Crippen MR) is 97.6 cm³/mol. The Bertz CT molecular complexity index is 921. The number of carbonyl (C=O) groups is 1. The molecule has 0 fully saturated rings. The Morgan fingerprint density at radius 1 is 1.16 bits per heavy atom. The van der Waals surface area contributed by atoms with Crippen LogP contribution in [0.25, 0.3) is 11.4 Å². The van der Waals surface area contributed by atoms with Crippen LogP contribution >= 0.6 is 23.2 Å². The molecule has 5 nitrogen and oxygen atoms in total. The summed E-state index contributed by atoms with van der Waals surface area (Å²) in [5.41, 5.74) is 2.10. The molecule has 0 saturated heterocycles. The summed E-state index contributed by atoms with van der Waals surface area (Å²) in [6.45, 7) is 4.16. The number of aryl methyl sites for hydroxylation is 1. The minimum Gasteiger partial charge on any atom is -0.463 e. The van der Waals surface area contributed by atoms with E-state index in [1.165, 1.54) is 4.68 Å². The fraction of sp³-hybridized carbons (Fsp3) is 0.167. The minimum absolute atomic E-state index is 0.115. The van der Waals surface area contributed by atoms with E-state index in [4.69, 9.17) is 27.9 Å². The van der Waals surface area contributed by atoms with Gasteiger partial charge in [0.2, 0.25) is 0 Å². The molecule has 0 aliphatic rings. The molecule has 0 aliphatic carbocycles. The average molecular weight is 376 g/mol. The van der Waals surface area contributed by atoms with Crippen molar-refractivity contribution >= 4 is 29.1 Å². The largest absolute Gasteiger partial charge is 0.463 e. The second-order valence-electron chi connectivity index (χ2n) is 5.36. The lowest BCUT2D eigenvalue weighted by Gasteiger charge is -2.07. The Morgan fingerprint density at radius 2 is 1.88 bits per heavy atom. The fourth-order valence-corrected chi connectivity index (χ4v) is 2.78. The van der Waals surface area contributed by atoms with Gasteiger partial charge in [-0.15, -0.1) is 5.10 Å². The molecule has 0 saturated carbocycles. The Morgan fingerprint density at radius 3 is 2.52 bits per heavy atom. The van der Waals surface area contributed by atoms with Gasteiger partial charge in [0, 0.05) is 16.1 Å². The van der Waals surface area contributed by atoms with Gasteiger partial charge in [-0.2, -0.15) is 9.67 Å². The van der Waals surface area contributed by atoms with Crippen LogP contribution in [-0.4, -0.2) is 27.3 Å². The Hall–Kier alpha value is -2.37. The summed E-state index contributed by atoms with van der Waals surface area (Å²) in [6.07, 6.45) is 0. The van der Waals surface area contributed by atoms with Crippen LogP contribution in [0.4, 0.5) is 0 Å². The van der Waals surface area contributed by atoms with Crippen molar-refractivity contribution in [2.45, 2.75) is 13.8 Å². The molecule has 0 spiro atoms. The lowest BCUT2D eigenvalue weighted by molar-refractivity contribution is 0.0945. The van der Waals surface area contributed by atoms with Crippen LogP contribution in [0.1, 0.15) is 22.8 Å². The van der Waals surface area contributed by atoms with Crippen molar-refractivity contribution in [1.29, 1.82) is 0 Å². The van der Waals surface area contributed by atoms with E-state index in [0.29, 0.717) is 33.6 Å². The molecule has 0 unspecified atom stereocenters. The molecule has 1 heterocycles. The Balaban J connectivity index is 2.11. The summed E-state index contributed by atoms with van der Waals surface area (Å²) in [5.74, 6) is -0.0184. The molecule has 1 aromatic heterocycles. The smallest absolute Gasteiger partial charge is 0.336 e. The first kappa shape index (κ1) is 17.5. The SMILES string of the molecule is CCOc1nc(-c2ccc(Cl)cc2Cl)n(C(=O)c2ccc(C)cc2)n1. The van der Waals surface area contributed by atoms with Crippen LogP contribution in [0.5, 0.6) is 6.01 Å². The molecule has 7 heteroatoms. The van der Waals surface area contributed by atoms with E-state index in [0.717, 1.165) is 5.56 Å². The molecule has 128 valence electrons. The molecule has 0 amide bonds. The normalized spacial score (nSPS) is 10.7. The number of rotatable bonds is 4. The summed E-state index contributed by atoms with van der Waals surface area (Å²) in [7, 11) is 0. The predicted octanol–water partition coefficient (Wildman–Crippen LogP) is 4.65. The molecule has 0 aliphatic heterocycles. The second-order valence-corrected chi connectivity index (χ2v) is 6.20. The molecule has 3 aromatic rings. The molecular formula is C18H15Cl2N3O2. The zero-order chi connectivity index (χ0) is 18.0. The van der Waals surface area contributed by atoms with Crippen molar-refractivity contribution in [2.75, 3.05) is 6.61 Å². The summed E-state index contributed by atoms with van der Waals surface area (Å²) in [6, 6.07) is 12.3. The number of benzene rings is 2. The molecule has 0 N–H and O–H groups in total. The van der Waals surface area contributed by atoms with E-state index in [9.17, 15) is 4.79 Å². The molecule has 0 radical (unpaired) electrons. The van der Waals surface area contributed by atoms with Crippen LogP contribution in [0, 0.1) is 6.92 Å². The quantitative estimate of drug-likeness (QED) is 0.665. The summed E-state index contributed by atoms with van der Waals surface area (Å²) >= 11 is 12.2. The maximum Gasteiger partial charge on any atom is 0.336 e. The van der Waals surface area contributed by atoms with E-state index < -0.39 is 0 Å². The number of halogens is 2. The highest BCUT2D eigenvalue weighted by molar-refractivity contribution is 6.36. The highest BCUT2D eigenvalue weighted by Crippen LogP contribution is 2.30. The third kappa shape index (κ3) is 3.67. The lowest BCUT2D eigenvalue weighted by atomic mass is 10.1. The van der Waals surface area contributed by atoms with Gasteiger partial charge in [-0.3, -0.25) is 4.79 Å². The van der Waals surface area contributed by atoms with Gasteiger partial charge in [-0.25, -0.2) is 0 Å². The van der Waals surface area contributed by atoms with Crippen LogP contribution in [0.3, 0.4) is 0 Å². The summed E-state index contributed by atoms with van der Waals surface area (Å²) in [5, 5.41) is 5.05. The van der Waals surface area contributed by atoms with Crippen LogP contribution in [-0.2, 0) is 0 Å². The summed E-state index contributed by atoms with van der Waals surface area (Å²) in [4.78, 5) is 17.2. The number of nitrogens with zero attached hydrogens (tertiary/aromatic N) is 3. The third-order valence-electron chi connectivity index (χ3n) is 3.52. The van der Waals surface area contributed by atoms with Gasteiger partial charge in [-0.05, 0) is 44.2 Å². The molecule has 3 rings (SSSR count). The highest BCUT2D eigenvalue weighted by atomic mass is 35.5. The maximum absolute atomic E-state index is 12.9.